The van der Waals surface area contributed by atoms with E-state index in [1.807, 2.05) is 19.1 Å². The first-order chi connectivity index (χ1) is 8.11. The van der Waals surface area contributed by atoms with Crippen LogP contribution < -0.4 is 4.90 Å². The number of anilines is 1. The molecule has 4 heteroatoms. The summed E-state index contributed by atoms with van der Waals surface area (Å²) in [6, 6.07) is 5.55. The Morgan fingerprint density at radius 1 is 1.53 bits per heavy atom. The third-order valence-corrected chi connectivity index (χ3v) is 3.20. The predicted octanol–water partition coefficient (Wildman–Crippen LogP) is 1.92. The van der Waals surface area contributed by atoms with Gasteiger partial charge in [0.05, 0.1) is 17.4 Å². The zero-order chi connectivity index (χ0) is 12.4. The molecule has 0 amide bonds. The minimum atomic E-state index is -0.871. The largest absolute Gasteiger partial charge is 0.478 e. The van der Waals surface area contributed by atoms with Gasteiger partial charge in [-0.1, -0.05) is 11.6 Å². The first-order valence-electron chi connectivity index (χ1n) is 5.73. The van der Waals surface area contributed by atoms with E-state index in [0.717, 1.165) is 30.8 Å². The average molecular weight is 235 g/mol. The van der Waals surface area contributed by atoms with E-state index in [9.17, 15) is 9.90 Å². The summed E-state index contributed by atoms with van der Waals surface area (Å²) in [7, 11) is 1.70. The zero-order valence-electron chi connectivity index (χ0n) is 10.1. The number of methoxy groups -OCH3 is 1. The van der Waals surface area contributed by atoms with Crippen LogP contribution in [0.4, 0.5) is 5.69 Å². The summed E-state index contributed by atoms with van der Waals surface area (Å²) in [4.78, 5) is 13.3. The number of nitrogens with zero attached hydrogens (tertiary/aromatic N) is 1. The molecule has 0 radical (unpaired) electrons. The highest BCUT2D eigenvalue weighted by molar-refractivity contribution is 5.94. The third kappa shape index (κ3) is 2.42. The predicted molar refractivity (Wildman–Crippen MR) is 65.8 cm³/mol. The monoisotopic (exact) mass is 235 g/mol. The van der Waals surface area contributed by atoms with Crippen molar-refractivity contribution >= 4 is 11.7 Å². The van der Waals surface area contributed by atoms with Crippen LogP contribution in [0.25, 0.3) is 0 Å². The van der Waals surface area contributed by atoms with Crippen molar-refractivity contribution in [1.29, 1.82) is 0 Å². The van der Waals surface area contributed by atoms with Gasteiger partial charge < -0.3 is 14.7 Å². The fourth-order valence-corrected chi connectivity index (χ4v) is 2.24. The van der Waals surface area contributed by atoms with Crippen molar-refractivity contribution in [2.45, 2.75) is 19.4 Å². The number of hydrogen-bond donors (Lipinski definition) is 1. The Bertz CT molecular complexity index is 431. The second-order valence-electron chi connectivity index (χ2n) is 4.42. The molecule has 1 unspecified atom stereocenters. The van der Waals surface area contributed by atoms with Crippen LogP contribution in [0.5, 0.6) is 0 Å². The molecule has 1 fully saturated rings. The van der Waals surface area contributed by atoms with Crippen LogP contribution in [-0.4, -0.2) is 37.4 Å². The standard InChI is InChI=1S/C13H17NO3/c1-9-3-4-12(11(7-9)13(15)16)14-6-5-10(8-14)17-2/h3-4,7,10H,5-6,8H2,1-2H3,(H,15,16). The first-order valence-corrected chi connectivity index (χ1v) is 5.73. The summed E-state index contributed by atoms with van der Waals surface area (Å²) in [5.74, 6) is -0.871. The van der Waals surface area contributed by atoms with Crippen LogP contribution in [0.2, 0.25) is 0 Å². The summed E-state index contributed by atoms with van der Waals surface area (Å²) in [6.45, 7) is 3.51. The summed E-state index contributed by atoms with van der Waals surface area (Å²) in [5.41, 5.74) is 2.14. The van der Waals surface area contributed by atoms with Crippen molar-refractivity contribution in [3.8, 4) is 0 Å². The summed E-state index contributed by atoms with van der Waals surface area (Å²) >= 11 is 0. The number of ether oxygens (including phenoxy) is 1. The highest BCUT2D eigenvalue weighted by Gasteiger charge is 2.25. The van der Waals surface area contributed by atoms with Gasteiger partial charge in [-0.05, 0) is 25.5 Å². The summed E-state index contributed by atoms with van der Waals surface area (Å²) in [5, 5.41) is 9.22. The van der Waals surface area contributed by atoms with Gasteiger partial charge in [0.2, 0.25) is 0 Å². The molecule has 2 rings (SSSR count). The van der Waals surface area contributed by atoms with Crippen LogP contribution >= 0.6 is 0 Å². The second kappa shape index (κ2) is 4.75. The Morgan fingerprint density at radius 2 is 2.29 bits per heavy atom. The van der Waals surface area contributed by atoms with E-state index in [1.54, 1.807) is 13.2 Å². The molecule has 0 saturated carbocycles. The Morgan fingerprint density at radius 3 is 2.88 bits per heavy atom. The molecule has 1 aromatic carbocycles. The minimum Gasteiger partial charge on any atom is -0.478 e. The van der Waals surface area contributed by atoms with Crippen molar-refractivity contribution in [3.05, 3.63) is 29.3 Å². The molecule has 0 aromatic heterocycles. The Labute approximate surface area is 101 Å². The lowest BCUT2D eigenvalue weighted by Crippen LogP contribution is -2.24. The van der Waals surface area contributed by atoms with Gasteiger partial charge in [0.1, 0.15) is 0 Å². The Hall–Kier alpha value is -1.55. The van der Waals surface area contributed by atoms with Crippen LogP contribution in [0.3, 0.4) is 0 Å². The van der Waals surface area contributed by atoms with Gasteiger partial charge in [0.25, 0.3) is 0 Å². The van der Waals surface area contributed by atoms with Crippen molar-refractivity contribution in [3.63, 3.8) is 0 Å². The maximum absolute atomic E-state index is 11.2. The summed E-state index contributed by atoms with van der Waals surface area (Å²) < 4.78 is 5.30. The normalized spacial score (nSPS) is 19.6. The molecule has 0 aliphatic carbocycles. The van der Waals surface area contributed by atoms with E-state index in [2.05, 4.69) is 4.90 Å². The lowest BCUT2D eigenvalue weighted by atomic mass is 10.1. The van der Waals surface area contributed by atoms with Gasteiger partial charge in [-0.3, -0.25) is 0 Å². The number of carboxylic acid groups (broad SMARTS) is 1. The lowest BCUT2D eigenvalue weighted by Gasteiger charge is -2.20. The molecule has 0 bridgehead atoms. The molecule has 1 heterocycles. The lowest BCUT2D eigenvalue weighted by molar-refractivity contribution is 0.0697. The van der Waals surface area contributed by atoms with Crippen LogP contribution in [0, 0.1) is 6.92 Å². The molecule has 0 spiro atoms. The Kier molecular flexibility index (Phi) is 3.33. The van der Waals surface area contributed by atoms with Gasteiger partial charge in [-0.2, -0.15) is 0 Å². The number of carbonyl (C=O) groups is 1. The first kappa shape index (κ1) is 11.9. The van der Waals surface area contributed by atoms with E-state index in [1.165, 1.54) is 0 Å². The fourth-order valence-electron chi connectivity index (χ4n) is 2.24. The van der Waals surface area contributed by atoms with Gasteiger partial charge in [0.15, 0.2) is 0 Å². The molecule has 1 saturated heterocycles. The highest BCUT2D eigenvalue weighted by Crippen LogP contribution is 2.26. The molecule has 4 nitrogen and oxygen atoms in total. The minimum absolute atomic E-state index is 0.206. The molecule has 1 aliphatic rings. The van der Waals surface area contributed by atoms with E-state index >= 15 is 0 Å². The molecule has 1 N–H and O–H groups in total. The smallest absolute Gasteiger partial charge is 0.337 e. The van der Waals surface area contributed by atoms with Gasteiger partial charge in [0, 0.05) is 20.2 Å². The van der Waals surface area contributed by atoms with Crippen LogP contribution in [0.15, 0.2) is 18.2 Å². The molecular formula is C13H17NO3. The number of aryl methyl sites for hydroxylation is 1. The van der Waals surface area contributed by atoms with E-state index in [0.29, 0.717) is 5.56 Å². The molecule has 1 aliphatic heterocycles. The number of hydrogen-bond acceptors (Lipinski definition) is 3. The SMILES string of the molecule is COC1CCN(c2ccc(C)cc2C(=O)O)C1. The van der Waals surface area contributed by atoms with E-state index in [4.69, 9.17) is 4.74 Å². The van der Waals surface area contributed by atoms with Crippen molar-refractivity contribution in [2.24, 2.45) is 0 Å². The number of rotatable bonds is 3. The van der Waals surface area contributed by atoms with Gasteiger partial charge >= 0.3 is 5.97 Å². The van der Waals surface area contributed by atoms with Crippen LogP contribution in [0.1, 0.15) is 22.3 Å². The molecule has 1 atom stereocenters. The maximum atomic E-state index is 11.2. The van der Waals surface area contributed by atoms with Crippen molar-refractivity contribution in [2.75, 3.05) is 25.1 Å². The summed E-state index contributed by atoms with van der Waals surface area (Å²) in [6.07, 6.45) is 1.15. The maximum Gasteiger partial charge on any atom is 0.337 e. The van der Waals surface area contributed by atoms with Crippen molar-refractivity contribution < 1.29 is 14.6 Å². The fraction of sp³-hybridized carbons (Fsp3) is 0.462. The third-order valence-electron chi connectivity index (χ3n) is 3.20. The molecule has 1 aromatic rings. The van der Waals surface area contributed by atoms with Crippen molar-refractivity contribution in [1.82, 2.24) is 0 Å². The van der Waals surface area contributed by atoms with Gasteiger partial charge in [-0.25, -0.2) is 4.79 Å². The average Bonchev–Trinajstić information content (AvgIpc) is 2.77. The highest BCUT2D eigenvalue weighted by atomic mass is 16.5. The van der Waals surface area contributed by atoms with E-state index < -0.39 is 5.97 Å². The van der Waals surface area contributed by atoms with E-state index in [-0.39, 0.29) is 6.10 Å². The van der Waals surface area contributed by atoms with Gasteiger partial charge in [-0.15, -0.1) is 0 Å². The Balaban J connectivity index is 2.29. The molecule has 17 heavy (non-hydrogen) atoms. The second-order valence-corrected chi connectivity index (χ2v) is 4.42. The topological polar surface area (TPSA) is 49.8 Å². The zero-order valence-corrected chi connectivity index (χ0v) is 10.1. The van der Waals surface area contributed by atoms with Crippen LogP contribution in [-0.2, 0) is 4.74 Å². The molecular weight excluding hydrogens is 218 g/mol. The number of benzene rings is 1. The quantitative estimate of drug-likeness (QED) is 0.869. The molecule has 92 valence electrons. The number of aromatic carboxylic acids is 1. The number of carboxylic acids is 1.